The largest absolute Gasteiger partial charge is 0.465 e. The second kappa shape index (κ2) is 6.08. The van der Waals surface area contributed by atoms with E-state index >= 15 is 0 Å². The molecular formula is C15H17BrN4O2. The number of anilines is 1. The Morgan fingerprint density at radius 3 is 2.64 bits per heavy atom. The second-order valence-corrected chi connectivity index (χ2v) is 6.13. The molecule has 0 unspecified atom stereocenters. The van der Waals surface area contributed by atoms with Crippen LogP contribution in [-0.4, -0.2) is 52.5 Å². The molecule has 1 fully saturated rings. The fourth-order valence-electron chi connectivity index (χ4n) is 2.71. The van der Waals surface area contributed by atoms with Crippen LogP contribution < -0.4 is 4.90 Å². The zero-order valence-corrected chi connectivity index (χ0v) is 13.9. The maximum Gasteiger partial charge on any atom is 0.407 e. The maximum atomic E-state index is 11.0. The van der Waals surface area contributed by atoms with Crippen LogP contribution in [0.2, 0.25) is 0 Å². The average Bonchev–Trinajstić information content (AvgIpc) is 2.55. The summed E-state index contributed by atoms with van der Waals surface area (Å²) in [6, 6.07) is 6.11. The first-order valence-electron chi connectivity index (χ1n) is 7.27. The van der Waals surface area contributed by atoms with Crippen LogP contribution in [0.5, 0.6) is 0 Å². The molecule has 1 saturated heterocycles. The standard InChI is InChI=1S/C15H17BrN4O2/c1-2-10-9-11-13(4-3-12(16)14(11)18-17-10)19-5-7-20(8-6-19)15(21)22/h3-4,9H,2,5-8H2,1H3,(H,21,22). The minimum Gasteiger partial charge on any atom is -0.465 e. The van der Waals surface area contributed by atoms with Gasteiger partial charge in [-0.2, -0.15) is 5.10 Å². The van der Waals surface area contributed by atoms with Crippen LogP contribution in [0.1, 0.15) is 12.6 Å². The highest BCUT2D eigenvalue weighted by molar-refractivity contribution is 9.10. The predicted molar refractivity (Wildman–Crippen MR) is 88.4 cm³/mol. The van der Waals surface area contributed by atoms with Crippen molar-refractivity contribution >= 4 is 38.6 Å². The first-order valence-corrected chi connectivity index (χ1v) is 8.07. The molecule has 1 amide bonds. The topological polar surface area (TPSA) is 69.6 Å². The van der Waals surface area contributed by atoms with Crippen molar-refractivity contribution in [3.05, 3.63) is 28.4 Å². The minimum absolute atomic E-state index is 0.520. The SMILES string of the molecule is CCc1cc2c(N3CCN(C(=O)O)CC3)ccc(Br)c2nn1. The zero-order chi connectivity index (χ0) is 15.7. The van der Waals surface area contributed by atoms with E-state index in [1.165, 1.54) is 4.90 Å². The molecule has 2 heterocycles. The van der Waals surface area contributed by atoms with Crippen LogP contribution in [0.4, 0.5) is 10.5 Å². The number of hydrogen-bond acceptors (Lipinski definition) is 4. The Morgan fingerprint density at radius 1 is 1.27 bits per heavy atom. The fourth-order valence-corrected chi connectivity index (χ4v) is 3.14. The van der Waals surface area contributed by atoms with Gasteiger partial charge in [-0.1, -0.05) is 6.92 Å². The third-order valence-corrected chi connectivity index (χ3v) is 4.63. The van der Waals surface area contributed by atoms with E-state index in [0.29, 0.717) is 26.2 Å². The Bertz CT molecular complexity index is 714. The quantitative estimate of drug-likeness (QED) is 0.886. The third kappa shape index (κ3) is 2.72. The van der Waals surface area contributed by atoms with E-state index in [4.69, 9.17) is 5.11 Å². The summed E-state index contributed by atoms with van der Waals surface area (Å²) in [5, 5.41) is 18.7. The monoisotopic (exact) mass is 364 g/mol. The van der Waals surface area contributed by atoms with Crippen LogP contribution in [0.15, 0.2) is 22.7 Å². The molecular weight excluding hydrogens is 348 g/mol. The van der Waals surface area contributed by atoms with E-state index in [0.717, 1.165) is 33.2 Å². The Kier molecular flexibility index (Phi) is 4.15. The van der Waals surface area contributed by atoms with Gasteiger partial charge in [-0.05, 0) is 40.5 Å². The number of carboxylic acid groups (broad SMARTS) is 1. The van der Waals surface area contributed by atoms with Crippen molar-refractivity contribution in [2.75, 3.05) is 31.1 Å². The lowest BCUT2D eigenvalue weighted by Gasteiger charge is -2.35. The van der Waals surface area contributed by atoms with Crippen LogP contribution in [0, 0.1) is 0 Å². The number of aromatic nitrogens is 2. The lowest BCUT2D eigenvalue weighted by molar-refractivity contribution is 0.142. The highest BCUT2D eigenvalue weighted by Gasteiger charge is 2.22. The van der Waals surface area contributed by atoms with E-state index in [9.17, 15) is 4.79 Å². The van der Waals surface area contributed by atoms with Gasteiger partial charge in [-0.3, -0.25) is 0 Å². The third-order valence-electron chi connectivity index (χ3n) is 3.99. The summed E-state index contributed by atoms with van der Waals surface area (Å²) in [5.74, 6) is 0. The number of rotatable bonds is 2. The summed E-state index contributed by atoms with van der Waals surface area (Å²) in [7, 11) is 0. The summed E-state index contributed by atoms with van der Waals surface area (Å²) in [4.78, 5) is 14.7. The van der Waals surface area contributed by atoms with Crippen molar-refractivity contribution in [1.82, 2.24) is 15.1 Å². The number of benzene rings is 1. The molecule has 1 aromatic carbocycles. The van der Waals surface area contributed by atoms with Crippen LogP contribution >= 0.6 is 15.9 Å². The molecule has 116 valence electrons. The first kappa shape index (κ1) is 15.0. The highest BCUT2D eigenvalue weighted by Crippen LogP contribution is 2.31. The first-order chi connectivity index (χ1) is 10.6. The number of halogens is 1. The average molecular weight is 365 g/mol. The van der Waals surface area contributed by atoms with Gasteiger partial charge in [0.15, 0.2) is 0 Å². The van der Waals surface area contributed by atoms with Gasteiger partial charge in [0, 0.05) is 41.7 Å². The number of carbonyl (C=O) groups is 1. The van der Waals surface area contributed by atoms with Gasteiger partial charge in [0.2, 0.25) is 0 Å². The lowest BCUT2D eigenvalue weighted by atomic mass is 10.1. The zero-order valence-electron chi connectivity index (χ0n) is 12.3. The van der Waals surface area contributed by atoms with Crippen molar-refractivity contribution in [2.45, 2.75) is 13.3 Å². The Labute approximate surface area is 136 Å². The molecule has 0 aliphatic carbocycles. The maximum absolute atomic E-state index is 11.0. The van der Waals surface area contributed by atoms with Crippen molar-refractivity contribution in [3.8, 4) is 0 Å². The molecule has 7 heteroatoms. The summed E-state index contributed by atoms with van der Waals surface area (Å²) >= 11 is 3.52. The van der Waals surface area contributed by atoms with Crippen molar-refractivity contribution < 1.29 is 9.90 Å². The molecule has 6 nitrogen and oxygen atoms in total. The fraction of sp³-hybridized carbons (Fsp3) is 0.400. The number of nitrogens with zero attached hydrogens (tertiary/aromatic N) is 4. The lowest BCUT2D eigenvalue weighted by Crippen LogP contribution is -2.48. The summed E-state index contributed by atoms with van der Waals surface area (Å²) in [6.07, 6.45) is -0.0127. The van der Waals surface area contributed by atoms with Crippen LogP contribution in [0.25, 0.3) is 10.9 Å². The van der Waals surface area contributed by atoms with E-state index in [1.807, 2.05) is 6.07 Å². The van der Waals surface area contributed by atoms with Gasteiger partial charge >= 0.3 is 6.09 Å². The van der Waals surface area contributed by atoms with E-state index < -0.39 is 6.09 Å². The molecule has 1 aliphatic heterocycles. The molecule has 3 rings (SSSR count). The Hall–Kier alpha value is -1.89. The summed E-state index contributed by atoms with van der Waals surface area (Å²) < 4.78 is 0.922. The van der Waals surface area contributed by atoms with E-state index in [1.54, 1.807) is 0 Å². The van der Waals surface area contributed by atoms with Gasteiger partial charge in [-0.25, -0.2) is 4.79 Å². The second-order valence-electron chi connectivity index (χ2n) is 5.27. The van der Waals surface area contributed by atoms with Crippen molar-refractivity contribution in [2.24, 2.45) is 0 Å². The van der Waals surface area contributed by atoms with Gasteiger partial charge in [-0.15, -0.1) is 5.10 Å². The number of piperazine rings is 1. The van der Waals surface area contributed by atoms with E-state index in [2.05, 4.69) is 50.1 Å². The Balaban J connectivity index is 1.97. The molecule has 0 radical (unpaired) electrons. The molecule has 0 saturated carbocycles. The molecule has 2 aromatic rings. The van der Waals surface area contributed by atoms with Crippen LogP contribution in [-0.2, 0) is 6.42 Å². The van der Waals surface area contributed by atoms with Crippen LogP contribution in [0.3, 0.4) is 0 Å². The number of aryl methyl sites for hydroxylation is 1. The van der Waals surface area contributed by atoms with Gasteiger partial charge in [0.25, 0.3) is 0 Å². The number of hydrogen-bond donors (Lipinski definition) is 1. The molecule has 22 heavy (non-hydrogen) atoms. The van der Waals surface area contributed by atoms with Gasteiger partial charge in [0.1, 0.15) is 5.52 Å². The summed E-state index contributed by atoms with van der Waals surface area (Å²) in [5.41, 5.74) is 2.89. The molecule has 1 aliphatic rings. The molecule has 0 spiro atoms. The molecule has 1 N–H and O–H groups in total. The highest BCUT2D eigenvalue weighted by atomic mass is 79.9. The molecule has 0 bridgehead atoms. The smallest absolute Gasteiger partial charge is 0.407 e. The molecule has 1 aromatic heterocycles. The number of amides is 1. The molecule has 0 atom stereocenters. The van der Waals surface area contributed by atoms with Crippen molar-refractivity contribution in [3.63, 3.8) is 0 Å². The van der Waals surface area contributed by atoms with Gasteiger partial charge in [0.05, 0.1) is 5.69 Å². The number of fused-ring (bicyclic) bond motifs is 1. The minimum atomic E-state index is -0.848. The normalized spacial score (nSPS) is 15.4. The van der Waals surface area contributed by atoms with Gasteiger partial charge < -0.3 is 14.9 Å². The van der Waals surface area contributed by atoms with E-state index in [-0.39, 0.29) is 0 Å². The predicted octanol–water partition coefficient (Wildman–Crippen LogP) is 2.75. The Morgan fingerprint density at radius 2 is 2.00 bits per heavy atom. The summed E-state index contributed by atoms with van der Waals surface area (Å²) in [6.45, 7) is 4.47. The van der Waals surface area contributed by atoms with Crippen molar-refractivity contribution in [1.29, 1.82) is 0 Å².